The highest BCUT2D eigenvalue weighted by Gasteiger charge is 2.26. The maximum absolute atomic E-state index is 5.88. The molecule has 1 aromatic carbocycles. The van der Waals surface area contributed by atoms with Crippen molar-refractivity contribution < 1.29 is 4.74 Å². The second-order valence-electron chi connectivity index (χ2n) is 5.19. The lowest BCUT2D eigenvalue weighted by molar-refractivity contribution is 0.115. The van der Waals surface area contributed by atoms with Gasteiger partial charge >= 0.3 is 0 Å². The molecule has 1 aromatic rings. The Hall–Kier alpha value is -1.70. The van der Waals surface area contributed by atoms with Gasteiger partial charge in [-0.25, -0.2) is 0 Å². The second-order valence-corrected chi connectivity index (χ2v) is 5.19. The fraction of sp³-hybridized carbons (Fsp3) is 0.412. The molecule has 0 unspecified atom stereocenters. The van der Waals surface area contributed by atoms with Crippen LogP contribution in [0, 0.1) is 0 Å². The van der Waals surface area contributed by atoms with Gasteiger partial charge in [-0.3, -0.25) is 0 Å². The van der Waals surface area contributed by atoms with Gasteiger partial charge in [0.25, 0.3) is 0 Å². The van der Waals surface area contributed by atoms with Crippen molar-refractivity contribution >= 4 is 0 Å². The quantitative estimate of drug-likeness (QED) is 0.795. The van der Waals surface area contributed by atoms with E-state index in [0.717, 1.165) is 26.1 Å². The van der Waals surface area contributed by atoms with Crippen molar-refractivity contribution in [1.82, 2.24) is 4.90 Å². The smallest absolute Gasteiger partial charge is 0.120 e. The first kappa shape index (κ1) is 12.3. The van der Waals surface area contributed by atoms with Crippen molar-refractivity contribution in [3.8, 4) is 0 Å². The summed E-state index contributed by atoms with van der Waals surface area (Å²) in [5.74, 6) is 1.21. The van der Waals surface area contributed by atoms with Gasteiger partial charge in [0.1, 0.15) is 12.4 Å². The van der Waals surface area contributed by atoms with Crippen LogP contribution in [0.5, 0.6) is 0 Å². The summed E-state index contributed by atoms with van der Waals surface area (Å²) in [6, 6.07) is 10.7. The molecule has 19 heavy (non-hydrogen) atoms. The lowest BCUT2D eigenvalue weighted by Gasteiger charge is -2.37. The molecule has 0 saturated carbocycles. The van der Waals surface area contributed by atoms with E-state index in [0.29, 0.717) is 0 Å². The average molecular weight is 255 g/mol. The predicted octanol–water partition coefficient (Wildman–Crippen LogP) is 3.86. The zero-order valence-corrected chi connectivity index (χ0v) is 11.6. The summed E-state index contributed by atoms with van der Waals surface area (Å²) in [6.45, 7) is 4.94. The average Bonchev–Trinajstić information content (AvgIpc) is 2.48. The summed E-state index contributed by atoms with van der Waals surface area (Å²) >= 11 is 0. The summed E-state index contributed by atoms with van der Waals surface area (Å²) < 4.78 is 5.88. The first-order valence-electron chi connectivity index (χ1n) is 7.19. The number of nitrogens with zero attached hydrogens (tertiary/aromatic N) is 1. The van der Waals surface area contributed by atoms with Crippen LogP contribution in [0.4, 0.5) is 0 Å². The predicted molar refractivity (Wildman–Crippen MR) is 77.4 cm³/mol. The highest BCUT2D eigenvalue weighted by molar-refractivity contribution is 5.36. The Kier molecular flexibility index (Phi) is 3.58. The maximum atomic E-state index is 5.88. The fourth-order valence-corrected chi connectivity index (χ4v) is 3.01. The summed E-state index contributed by atoms with van der Waals surface area (Å²) in [5.41, 5.74) is 4.19. The van der Waals surface area contributed by atoms with Crippen LogP contribution in [-0.4, -0.2) is 18.1 Å². The third-order valence-electron chi connectivity index (χ3n) is 3.94. The van der Waals surface area contributed by atoms with Crippen molar-refractivity contribution in [2.45, 2.75) is 32.7 Å². The minimum Gasteiger partial charge on any atom is -0.494 e. The fourth-order valence-electron chi connectivity index (χ4n) is 3.01. The molecule has 3 rings (SSSR count). The van der Waals surface area contributed by atoms with Crippen LogP contribution >= 0.6 is 0 Å². The Labute approximate surface area is 115 Å². The van der Waals surface area contributed by atoms with Crippen molar-refractivity contribution in [1.29, 1.82) is 0 Å². The molecule has 0 fully saturated rings. The van der Waals surface area contributed by atoms with E-state index in [9.17, 15) is 0 Å². The molecule has 0 N–H and O–H groups in total. The lowest BCUT2D eigenvalue weighted by Crippen LogP contribution is -2.34. The van der Waals surface area contributed by atoms with Crippen LogP contribution in [0.25, 0.3) is 0 Å². The molecule has 1 heterocycles. The minimum absolute atomic E-state index is 0.822. The highest BCUT2D eigenvalue weighted by Crippen LogP contribution is 2.35. The third-order valence-corrected chi connectivity index (χ3v) is 3.94. The number of hydrogen-bond acceptors (Lipinski definition) is 2. The van der Waals surface area contributed by atoms with E-state index in [2.05, 4.69) is 48.2 Å². The maximum Gasteiger partial charge on any atom is 0.120 e. The Morgan fingerprint density at radius 3 is 2.84 bits per heavy atom. The van der Waals surface area contributed by atoms with Crippen LogP contribution in [0.15, 0.2) is 53.4 Å². The minimum atomic E-state index is 0.822. The monoisotopic (exact) mass is 255 g/mol. The van der Waals surface area contributed by atoms with E-state index in [4.69, 9.17) is 4.74 Å². The van der Waals surface area contributed by atoms with Crippen LogP contribution in [0.2, 0.25) is 0 Å². The van der Waals surface area contributed by atoms with Gasteiger partial charge in [-0.1, -0.05) is 36.4 Å². The van der Waals surface area contributed by atoms with Gasteiger partial charge in [-0.2, -0.15) is 0 Å². The number of ether oxygens (including phenoxy) is 1. The molecule has 1 aliphatic heterocycles. The Balaban J connectivity index is 1.88. The molecule has 0 amide bonds. The normalized spacial score (nSPS) is 21.3. The standard InChI is InChI=1S/C17H21NO/c1-2-15-9-6-10-16-17(15)18(11-12-19-16)13-14-7-4-3-5-8-14/h2-5,7-8H,6,9-13H2,1H3. The molecule has 2 heteroatoms. The van der Waals surface area contributed by atoms with E-state index < -0.39 is 0 Å². The molecule has 1 aliphatic carbocycles. The number of hydrogen-bond donors (Lipinski definition) is 0. The first-order chi connectivity index (χ1) is 9.38. The zero-order valence-electron chi connectivity index (χ0n) is 11.6. The molecule has 0 bridgehead atoms. The van der Waals surface area contributed by atoms with Crippen LogP contribution in [-0.2, 0) is 11.3 Å². The van der Waals surface area contributed by atoms with Crippen LogP contribution < -0.4 is 0 Å². The van der Waals surface area contributed by atoms with E-state index >= 15 is 0 Å². The molecule has 2 aliphatic rings. The molecule has 2 nitrogen and oxygen atoms in total. The number of rotatable bonds is 2. The van der Waals surface area contributed by atoms with E-state index in [1.807, 2.05) is 0 Å². The molecule has 0 spiro atoms. The van der Waals surface area contributed by atoms with E-state index in [1.165, 1.54) is 35.4 Å². The van der Waals surface area contributed by atoms with Crippen molar-refractivity contribution in [2.24, 2.45) is 0 Å². The zero-order chi connectivity index (χ0) is 13.1. The molecule has 0 aromatic heterocycles. The van der Waals surface area contributed by atoms with Crippen molar-refractivity contribution in [2.75, 3.05) is 13.2 Å². The highest BCUT2D eigenvalue weighted by atomic mass is 16.5. The number of allylic oxidation sites excluding steroid dienone is 3. The molecule has 0 atom stereocenters. The van der Waals surface area contributed by atoms with Gasteiger partial charge in [0, 0.05) is 13.0 Å². The largest absolute Gasteiger partial charge is 0.494 e. The van der Waals surface area contributed by atoms with Gasteiger partial charge in [-0.05, 0) is 30.9 Å². The van der Waals surface area contributed by atoms with Crippen LogP contribution in [0.1, 0.15) is 31.7 Å². The summed E-state index contributed by atoms with van der Waals surface area (Å²) in [4.78, 5) is 2.49. The van der Waals surface area contributed by atoms with Crippen molar-refractivity contribution in [3.63, 3.8) is 0 Å². The molecular formula is C17H21NO. The third kappa shape index (κ3) is 2.53. The first-order valence-corrected chi connectivity index (χ1v) is 7.19. The van der Waals surface area contributed by atoms with E-state index in [-0.39, 0.29) is 0 Å². The Morgan fingerprint density at radius 1 is 1.21 bits per heavy atom. The summed E-state index contributed by atoms with van der Waals surface area (Å²) in [5, 5.41) is 0. The number of benzene rings is 1. The van der Waals surface area contributed by atoms with E-state index in [1.54, 1.807) is 0 Å². The van der Waals surface area contributed by atoms with Gasteiger partial charge in [0.2, 0.25) is 0 Å². The Bertz CT molecular complexity index is 497. The second kappa shape index (κ2) is 5.52. The van der Waals surface area contributed by atoms with Gasteiger partial charge in [0.15, 0.2) is 0 Å². The molecule has 0 saturated heterocycles. The topological polar surface area (TPSA) is 12.5 Å². The Morgan fingerprint density at radius 2 is 2.05 bits per heavy atom. The lowest BCUT2D eigenvalue weighted by atomic mass is 9.94. The summed E-state index contributed by atoms with van der Waals surface area (Å²) in [7, 11) is 0. The van der Waals surface area contributed by atoms with Gasteiger partial charge < -0.3 is 9.64 Å². The molecular weight excluding hydrogens is 234 g/mol. The summed E-state index contributed by atoms with van der Waals surface area (Å²) in [6.07, 6.45) is 5.75. The molecule has 0 radical (unpaired) electrons. The van der Waals surface area contributed by atoms with Gasteiger partial charge in [-0.15, -0.1) is 0 Å². The SMILES string of the molecule is CC=C1CCCC2=C1N(Cc1ccccc1)CCO2. The van der Waals surface area contributed by atoms with Gasteiger partial charge in [0.05, 0.1) is 12.2 Å². The van der Waals surface area contributed by atoms with Crippen molar-refractivity contribution in [3.05, 3.63) is 59.0 Å². The molecule has 100 valence electrons. The van der Waals surface area contributed by atoms with Crippen LogP contribution in [0.3, 0.4) is 0 Å².